The van der Waals surface area contributed by atoms with Crippen LogP contribution in [0.4, 0.5) is 9.59 Å². The van der Waals surface area contributed by atoms with E-state index in [4.69, 9.17) is 18.9 Å². The molecule has 0 aromatic heterocycles. The van der Waals surface area contributed by atoms with Crippen LogP contribution < -0.4 is 9.47 Å². The minimum atomic E-state index is -0.814. The molecule has 4 aromatic carbocycles. The normalized spacial score (nSPS) is 12.0. The number of esters is 2. The first-order chi connectivity index (χ1) is 22.3. The highest BCUT2D eigenvalue weighted by Crippen LogP contribution is 2.23. The lowest BCUT2D eigenvalue weighted by Crippen LogP contribution is -2.36. The molecule has 0 aliphatic rings. The van der Waals surface area contributed by atoms with Gasteiger partial charge in [-0.15, -0.1) is 0 Å². The van der Waals surface area contributed by atoms with Crippen LogP contribution in [0.1, 0.15) is 23.2 Å². The Hall–Kier alpha value is -5.90. The fraction of sp³-hybridized carbons (Fsp3) is 0.167. The van der Waals surface area contributed by atoms with Crippen LogP contribution in [0.2, 0.25) is 0 Å². The van der Waals surface area contributed by atoms with Crippen LogP contribution in [0, 0.1) is 0 Å². The van der Waals surface area contributed by atoms with Crippen LogP contribution in [-0.2, 0) is 19.1 Å². The number of para-hydroxylation sites is 2. The Kier molecular flexibility index (Phi) is 12.1. The van der Waals surface area contributed by atoms with E-state index in [2.05, 4.69) is 0 Å². The van der Waals surface area contributed by atoms with E-state index in [1.54, 1.807) is 123 Å². The number of hydrogen-bond acceptors (Lipinski definition) is 8. The van der Waals surface area contributed by atoms with Crippen molar-refractivity contribution in [1.82, 2.24) is 9.80 Å². The van der Waals surface area contributed by atoms with Gasteiger partial charge in [0.25, 0.3) is 0 Å². The zero-order valence-corrected chi connectivity index (χ0v) is 25.4. The molecule has 0 aliphatic heterocycles. The van der Waals surface area contributed by atoms with Crippen LogP contribution in [0.25, 0.3) is 0 Å². The van der Waals surface area contributed by atoms with E-state index in [0.29, 0.717) is 22.6 Å². The monoisotopic (exact) mass is 622 g/mol. The van der Waals surface area contributed by atoms with E-state index in [1.165, 1.54) is 9.80 Å². The molecule has 2 atom stereocenters. The molecule has 0 heterocycles. The first-order valence-electron chi connectivity index (χ1n) is 14.4. The summed E-state index contributed by atoms with van der Waals surface area (Å²) < 4.78 is 21.7. The Morgan fingerprint density at radius 2 is 0.826 bits per heavy atom. The highest BCUT2D eigenvalue weighted by atomic mass is 16.6. The van der Waals surface area contributed by atoms with Gasteiger partial charge in [-0.1, -0.05) is 97.1 Å². The number of likely N-dealkylation sites (N-methyl/N-ethyl adjacent to an activating group) is 2. The number of hydrogen-bond donors (Lipinski definition) is 0. The summed E-state index contributed by atoms with van der Waals surface area (Å²) >= 11 is 0. The van der Waals surface area contributed by atoms with Crippen LogP contribution in [0.15, 0.2) is 133 Å². The van der Waals surface area contributed by atoms with Gasteiger partial charge in [-0.2, -0.15) is 0 Å². The minimum Gasteiger partial charge on any atom is -0.460 e. The summed E-state index contributed by atoms with van der Waals surface area (Å²) in [6.45, 7) is -0.403. The Morgan fingerprint density at radius 3 is 1.15 bits per heavy atom. The predicted molar refractivity (Wildman–Crippen MR) is 170 cm³/mol. The molecule has 0 spiro atoms. The standard InChI is InChI=1S/C36H34N2O8/c1-37(35(41)45-29-19-11-5-12-20-29)31(27-15-7-3-8-16-27)25-43-33(39)23-24-34(40)44-26-32(28-17-9-4-10-18-28)38(2)36(42)46-30-21-13-6-14-22-30/h3-24,31-32H,25-26H2,1-2H3/b24-23+/t31-,32-/m1/s1. The van der Waals surface area contributed by atoms with Gasteiger partial charge in [0.2, 0.25) is 0 Å². The molecule has 4 aromatic rings. The summed E-state index contributed by atoms with van der Waals surface area (Å²) in [5, 5.41) is 0. The first kappa shape index (κ1) is 33.0. The Balaban J connectivity index is 1.34. The van der Waals surface area contributed by atoms with Gasteiger partial charge in [-0.25, -0.2) is 19.2 Å². The van der Waals surface area contributed by atoms with Gasteiger partial charge in [0, 0.05) is 26.2 Å². The van der Waals surface area contributed by atoms with Crippen LogP contribution in [0.3, 0.4) is 0 Å². The molecule has 236 valence electrons. The number of amides is 2. The van der Waals surface area contributed by atoms with E-state index < -0.39 is 36.2 Å². The highest BCUT2D eigenvalue weighted by molar-refractivity contribution is 5.91. The summed E-state index contributed by atoms with van der Waals surface area (Å²) in [6, 6.07) is 34.0. The molecular weight excluding hydrogens is 588 g/mol. The van der Waals surface area contributed by atoms with E-state index in [1.807, 2.05) is 12.1 Å². The number of benzene rings is 4. The maximum absolute atomic E-state index is 12.9. The van der Waals surface area contributed by atoms with Gasteiger partial charge >= 0.3 is 24.1 Å². The van der Waals surface area contributed by atoms with Crippen LogP contribution >= 0.6 is 0 Å². The minimum absolute atomic E-state index is 0.201. The Labute approximate surface area is 267 Å². The summed E-state index contributed by atoms with van der Waals surface area (Å²) in [6.07, 6.45) is 0.608. The third kappa shape index (κ3) is 9.81. The van der Waals surface area contributed by atoms with Gasteiger partial charge in [0.15, 0.2) is 0 Å². The molecule has 4 rings (SSSR count). The summed E-state index contributed by atoms with van der Waals surface area (Å²) in [5.41, 5.74) is 1.43. The van der Waals surface area contributed by atoms with Crippen LogP contribution in [-0.4, -0.2) is 61.2 Å². The topological polar surface area (TPSA) is 112 Å². The molecule has 10 heteroatoms. The van der Waals surface area contributed by atoms with Crippen molar-refractivity contribution in [3.8, 4) is 11.5 Å². The molecule has 0 saturated heterocycles. The number of rotatable bonds is 12. The number of carbonyl (C=O) groups is 4. The predicted octanol–water partition coefficient (Wildman–Crippen LogP) is 6.37. The number of carbonyl (C=O) groups excluding carboxylic acids is 4. The van der Waals surface area contributed by atoms with E-state index in [9.17, 15) is 19.2 Å². The molecular formula is C36H34N2O8. The molecule has 2 amide bonds. The fourth-order valence-corrected chi connectivity index (χ4v) is 4.35. The summed E-state index contributed by atoms with van der Waals surface area (Å²) in [7, 11) is 3.08. The van der Waals surface area contributed by atoms with Crippen molar-refractivity contribution < 1.29 is 38.1 Å². The maximum atomic E-state index is 12.9. The molecule has 46 heavy (non-hydrogen) atoms. The fourth-order valence-electron chi connectivity index (χ4n) is 4.35. The van der Waals surface area contributed by atoms with E-state index in [-0.39, 0.29) is 13.2 Å². The van der Waals surface area contributed by atoms with E-state index >= 15 is 0 Å². The molecule has 0 bridgehead atoms. The molecule has 10 nitrogen and oxygen atoms in total. The number of ether oxygens (including phenoxy) is 4. The molecule has 0 N–H and O–H groups in total. The molecule has 0 saturated carbocycles. The van der Waals surface area contributed by atoms with Crippen molar-refractivity contribution in [1.29, 1.82) is 0 Å². The lowest BCUT2D eigenvalue weighted by atomic mass is 10.1. The average Bonchev–Trinajstić information content (AvgIpc) is 3.09. The quantitative estimate of drug-likeness (QED) is 0.132. The SMILES string of the molecule is CN(C(=O)Oc1ccccc1)[C@H](COC(=O)/C=C/C(=O)OC[C@H](c1ccccc1)N(C)C(=O)Oc1ccccc1)c1ccccc1. The van der Waals surface area contributed by atoms with Gasteiger partial charge in [0.05, 0.1) is 12.1 Å². The van der Waals surface area contributed by atoms with Gasteiger partial charge in [-0.3, -0.25) is 0 Å². The molecule has 0 radical (unpaired) electrons. The van der Waals surface area contributed by atoms with E-state index in [0.717, 1.165) is 12.2 Å². The lowest BCUT2D eigenvalue weighted by molar-refractivity contribution is -0.142. The van der Waals surface area contributed by atoms with Crippen molar-refractivity contribution in [3.63, 3.8) is 0 Å². The third-order valence-corrected chi connectivity index (χ3v) is 6.90. The average molecular weight is 623 g/mol. The summed E-state index contributed by atoms with van der Waals surface area (Å²) in [4.78, 5) is 53.5. The largest absolute Gasteiger partial charge is 0.460 e. The summed E-state index contributed by atoms with van der Waals surface area (Å²) in [5.74, 6) is -0.881. The third-order valence-electron chi connectivity index (χ3n) is 6.90. The maximum Gasteiger partial charge on any atom is 0.415 e. The Morgan fingerprint density at radius 1 is 0.522 bits per heavy atom. The lowest BCUT2D eigenvalue weighted by Gasteiger charge is -2.27. The number of nitrogens with zero attached hydrogens (tertiary/aromatic N) is 2. The molecule has 0 unspecified atom stereocenters. The van der Waals surface area contributed by atoms with Gasteiger partial charge in [0.1, 0.15) is 24.7 Å². The first-order valence-corrected chi connectivity index (χ1v) is 14.4. The zero-order chi connectivity index (χ0) is 32.7. The second-order valence-electron chi connectivity index (χ2n) is 10.0. The van der Waals surface area contributed by atoms with Gasteiger partial charge in [-0.05, 0) is 35.4 Å². The van der Waals surface area contributed by atoms with Crippen molar-refractivity contribution in [2.24, 2.45) is 0 Å². The highest BCUT2D eigenvalue weighted by Gasteiger charge is 2.26. The second-order valence-corrected chi connectivity index (χ2v) is 10.0. The van der Waals surface area contributed by atoms with Crippen molar-refractivity contribution >= 4 is 24.1 Å². The van der Waals surface area contributed by atoms with Crippen molar-refractivity contribution in [2.75, 3.05) is 27.3 Å². The molecule has 0 fully saturated rings. The van der Waals surface area contributed by atoms with Crippen molar-refractivity contribution in [2.45, 2.75) is 12.1 Å². The van der Waals surface area contributed by atoms with Gasteiger partial charge < -0.3 is 28.7 Å². The molecule has 0 aliphatic carbocycles. The van der Waals surface area contributed by atoms with Crippen LogP contribution in [0.5, 0.6) is 11.5 Å². The van der Waals surface area contributed by atoms with Crippen molar-refractivity contribution in [3.05, 3.63) is 145 Å². The Bertz CT molecular complexity index is 1480. The second kappa shape index (κ2) is 16.8. The zero-order valence-electron chi connectivity index (χ0n) is 25.4. The smallest absolute Gasteiger partial charge is 0.415 e.